The van der Waals surface area contributed by atoms with E-state index in [4.69, 9.17) is 5.73 Å². The monoisotopic (exact) mass is 256 g/mol. The van der Waals surface area contributed by atoms with Crippen LogP contribution in [-0.4, -0.2) is 35.0 Å². The highest BCUT2D eigenvalue weighted by Gasteiger charge is 2.23. The van der Waals surface area contributed by atoms with E-state index in [-0.39, 0.29) is 6.04 Å². The lowest BCUT2D eigenvalue weighted by molar-refractivity contribution is 0.256. The van der Waals surface area contributed by atoms with E-state index in [1.54, 1.807) is 11.3 Å². The summed E-state index contributed by atoms with van der Waals surface area (Å²) in [5.41, 5.74) is 6.22. The summed E-state index contributed by atoms with van der Waals surface area (Å²) in [5.74, 6) is 0. The molecule has 3 atom stereocenters. The Morgan fingerprint density at radius 1 is 1.44 bits per heavy atom. The molecule has 90 valence electrons. The van der Waals surface area contributed by atoms with Gasteiger partial charge in [-0.2, -0.15) is 11.8 Å². The van der Waals surface area contributed by atoms with E-state index in [0.29, 0.717) is 0 Å². The van der Waals surface area contributed by atoms with E-state index in [9.17, 15) is 0 Å². The molecule has 1 aromatic rings. The van der Waals surface area contributed by atoms with Crippen LogP contribution in [0.1, 0.15) is 24.8 Å². The average Bonchev–Trinajstić information content (AvgIpc) is 2.68. The number of hydrogen-bond donors (Lipinski definition) is 1. The van der Waals surface area contributed by atoms with E-state index >= 15 is 0 Å². The van der Waals surface area contributed by atoms with Gasteiger partial charge in [0.2, 0.25) is 0 Å². The van der Waals surface area contributed by atoms with Crippen LogP contribution in [0.4, 0.5) is 0 Å². The third-order valence-corrected chi connectivity index (χ3v) is 5.09. The van der Waals surface area contributed by atoms with Crippen molar-refractivity contribution in [2.24, 2.45) is 5.73 Å². The van der Waals surface area contributed by atoms with Crippen LogP contribution in [0.25, 0.3) is 0 Å². The van der Waals surface area contributed by atoms with Gasteiger partial charge in [-0.25, -0.2) is 0 Å². The van der Waals surface area contributed by atoms with E-state index < -0.39 is 0 Å². The minimum absolute atomic E-state index is 0.183. The van der Waals surface area contributed by atoms with Gasteiger partial charge in [-0.1, -0.05) is 19.9 Å². The van der Waals surface area contributed by atoms with Crippen LogP contribution in [0.15, 0.2) is 17.5 Å². The summed E-state index contributed by atoms with van der Waals surface area (Å²) in [6.45, 7) is 7.96. The Bertz CT molecular complexity index is 303. The second-order valence-electron chi connectivity index (χ2n) is 4.60. The second-order valence-corrected chi connectivity index (χ2v) is 7.46. The molecule has 16 heavy (non-hydrogen) atoms. The highest BCUT2D eigenvalue weighted by Crippen LogP contribution is 2.26. The van der Waals surface area contributed by atoms with E-state index in [2.05, 4.69) is 48.0 Å². The fourth-order valence-corrected chi connectivity index (χ4v) is 4.41. The summed E-state index contributed by atoms with van der Waals surface area (Å²) in [6, 6.07) is 4.40. The summed E-state index contributed by atoms with van der Waals surface area (Å²) in [5, 5.41) is 3.57. The Morgan fingerprint density at radius 2 is 2.12 bits per heavy atom. The first-order valence-electron chi connectivity index (χ1n) is 5.82. The van der Waals surface area contributed by atoms with Crippen LogP contribution >= 0.6 is 23.1 Å². The number of rotatable bonds is 3. The maximum absolute atomic E-state index is 6.22. The molecule has 0 aromatic carbocycles. The average molecular weight is 256 g/mol. The molecule has 0 bridgehead atoms. The third kappa shape index (κ3) is 3.23. The van der Waals surface area contributed by atoms with Gasteiger partial charge in [0.05, 0.1) is 6.04 Å². The van der Waals surface area contributed by atoms with Crippen molar-refractivity contribution < 1.29 is 0 Å². The minimum atomic E-state index is 0.183. The van der Waals surface area contributed by atoms with E-state index in [1.807, 2.05) is 0 Å². The summed E-state index contributed by atoms with van der Waals surface area (Å²) in [4.78, 5) is 3.81. The number of thioether (sulfide) groups is 1. The van der Waals surface area contributed by atoms with Gasteiger partial charge in [0, 0.05) is 35.0 Å². The molecule has 0 radical (unpaired) electrons. The van der Waals surface area contributed by atoms with E-state index in [0.717, 1.165) is 17.0 Å². The van der Waals surface area contributed by atoms with Crippen LogP contribution in [0.2, 0.25) is 0 Å². The molecule has 2 N–H and O–H groups in total. The molecular weight excluding hydrogens is 236 g/mol. The summed E-state index contributed by atoms with van der Waals surface area (Å²) >= 11 is 3.85. The largest absolute Gasteiger partial charge is 0.322 e. The highest BCUT2D eigenvalue weighted by molar-refractivity contribution is 8.00. The van der Waals surface area contributed by atoms with Crippen LogP contribution < -0.4 is 5.73 Å². The Balaban J connectivity index is 1.89. The molecule has 0 amide bonds. The van der Waals surface area contributed by atoms with Crippen LogP contribution in [-0.2, 0) is 0 Å². The molecule has 2 nitrogen and oxygen atoms in total. The Morgan fingerprint density at radius 3 is 2.69 bits per heavy atom. The topological polar surface area (TPSA) is 29.3 Å². The molecule has 0 spiro atoms. The number of nitrogens with two attached hydrogens (primary N) is 1. The van der Waals surface area contributed by atoms with Gasteiger partial charge < -0.3 is 5.73 Å². The van der Waals surface area contributed by atoms with Gasteiger partial charge in [0.25, 0.3) is 0 Å². The Kier molecular flexibility index (Phi) is 4.30. The van der Waals surface area contributed by atoms with Crippen molar-refractivity contribution in [1.82, 2.24) is 4.90 Å². The molecule has 1 fully saturated rings. The molecule has 1 aliphatic heterocycles. The van der Waals surface area contributed by atoms with Gasteiger partial charge in [0.1, 0.15) is 0 Å². The van der Waals surface area contributed by atoms with Crippen LogP contribution in [0.5, 0.6) is 0 Å². The molecule has 3 unspecified atom stereocenters. The first-order chi connectivity index (χ1) is 7.65. The lowest BCUT2D eigenvalue weighted by atomic mass is 10.2. The Hall–Kier alpha value is -0.0300. The zero-order chi connectivity index (χ0) is 11.5. The molecule has 0 saturated carbocycles. The molecular formula is C12H20N2S2. The standard InChI is InChI=1S/C12H20N2S2/c1-9-6-14(7-10(2)16-9)8-11(13)12-4-3-5-15-12/h3-5,9-11H,6-8,13H2,1-2H3. The van der Waals surface area contributed by atoms with Gasteiger partial charge in [-0.3, -0.25) is 4.90 Å². The van der Waals surface area contributed by atoms with Crippen molar-refractivity contribution in [2.75, 3.05) is 19.6 Å². The number of thiophene rings is 1. The summed E-state index contributed by atoms with van der Waals surface area (Å²) in [6.07, 6.45) is 0. The van der Waals surface area contributed by atoms with Crippen molar-refractivity contribution in [3.05, 3.63) is 22.4 Å². The lowest BCUT2D eigenvalue weighted by Gasteiger charge is -2.35. The number of hydrogen-bond acceptors (Lipinski definition) is 4. The van der Waals surface area contributed by atoms with Gasteiger partial charge in [0.15, 0.2) is 0 Å². The van der Waals surface area contributed by atoms with Crippen molar-refractivity contribution in [1.29, 1.82) is 0 Å². The maximum Gasteiger partial charge on any atom is 0.0519 e. The maximum atomic E-state index is 6.22. The normalized spacial score (nSPS) is 29.2. The van der Waals surface area contributed by atoms with Crippen molar-refractivity contribution in [3.63, 3.8) is 0 Å². The molecule has 0 aliphatic carbocycles. The highest BCUT2D eigenvalue weighted by atomic mass is 32.2. The van der Waals surface area contributed by atoms with Crippen LogP contribution in [0, 0.1) is 0 Å². The summed E-state index contributed by atoms with van der Waals surface area (Å²) in [7, 11) is 0. The second kappa shape index (κ2) is 5.54. The fraction of sp³-hybridized carbons (Fsp3) is 0.667. The Labute approximate surface area is 106 Å². The predicted molar refractivity (Wildman–Crippen MR) is 74.2 cm³/mol. The predicted octanol–water partition coefficient (Wildman–Crippen LogP) is 2.57. The van der Waals surface area contributed by atoms with Gasteiger partial charge in [-0.05, 0) is 11.4 Å². The SMILES string of the molecule is CC1CN(CC(N)c2cccs2)CC(C)S1. The zero-order valence-corrected chi connectivity index (χ0v) is 11.6. The lowest BCUT2D eigenvalue weighted by Crippen LogP contribution is -2.43. The molecule has 4 heteroatoms. The van der Waals surface area contributed by atoms with Crippen molar-refractivity contribution >= 4 is 23.1 Å². The minimum Gasteiger partial charge on any atom is -0.322 e. The first-order valence-corrected chi connectivity index (χ1v) is 7.64. The number of nitrogens with zero attached hydrogens (tertiary/aromatic N) is 1. The smallest absolute Gasteiger partial charge is 0.0519 e. The molecule has 2 rings (SSSR count). The molecule has 1 aromatic heterocycles. The van der Waals surface area contributed by atoms with Gasteiger partial charge >= 0.3 is 0 Å². The quantitative estimate of drug-likeness (QED) is 0.901. The summed E-state index contributed by atoms with van der Waals surface area (Å²) < 4.78 is 0. The first kappa shape index (κ1) is 12.4. The molecule has 2 heterocycles. The van der Waals surface area contributed by atoms with Gasteiger partial charge in [-0.15, -0.1) is 11.3 Å². The van der Waals surface area contributed by atoms with Crippen LogP contribution in [0.3, 0.4) is 0 Å². The molecule has 1 saturated heterocycles. The molecule has 1 aliphatic rings. The van der Waals surface area contributed by atoms with Crippen molar-refractivity contribution in [2.45, 2.75) is 30.4 Å². The fourth-order valence-electron chi connectivity index (χ4n) is 2.30. The zero-order valence-electron chi connectivity index (χ0n) is 9.93. The van der Waals surface area contributed by atoms with E-state index in [1.165, 1.54) is 18.0 Å². The van der Waals surface area contributed by atoms with Crippen molar-refractivity contribution in [3.8, 4) is 0 Å². The third-order valence-electron chi connectivity index (χ3n) is 2.86.